The normalized spacial score (nSPS) is 11.2. The van der Waals surface area contributed by atoms with Gasteiger partial charge in [0, 0.05) is 12.2 Å². The number of carboxylic acids is 1. The van der Waals surface area contributed by atoms with Gasteiger partial charge in [0.25, 0.3) is 0 Å². The van der Waals surface area contributed by atoms with Gasteiger partial charge < -0.3 is 15.2 Å². The molecule has 0 aromatic heterocycles. The van der Waals surface area contributed by atoms with E-state index in [-0.39, 0.29) is 18.8 Å². The van der Waals surface area contributed by atoms with E-state index in [0.717, 1.165) is 17.7 Å². The minimum atomic E-state index is -4.58. The molecule has 4 nitrogen and oxygen atoms in total. The molecule has 0 bridgehead atoms. The van der Waals surface area contributed by atoms with E-state index in [1.165, 1.54) is 0 Å². The molecule has 0 atom stereocenters. The Hall–Kier alpha value is -2.02. The molecule has 0 aliphatic rings. The van der Waals surface area contributed by atoms with Crippen molar-refractivity contribution >= 4 is 11.7 Å². The molecule has 116 valence electrons. The van der Waals surface area contributed by atoms with Gasteiger partial charge >= 0.3 is 12.1 Å². The van der Waals surface area contributed by atoms with Crippen molar-refractivity contribution < 1.29 is 27.8 Å². The number of alkyl halides is 3. The van der Waals surface area contributed by atoms with Gasteiger partial charge in [-0.1, -0.05) is 12.2 Å². The van der Waals surface area contributed by atoms with Crippen LogP contribution in [-0.2, 0) is 10.9 Å². The van der Waals surface area contributed by atoms with Crippen molar-refractivity contribution in [2.45, 2.75) is 13.1 Å². The molecule has 7 heteroatoms. The van der Waals surface area contributed by atoms with Crippen LogP contribution in [0.1, 0.15) is 22.8 Å². The van der Waals surface area contributed by atoms with Crippen LogP contribution in [0.2, 0.25) is 0 Å². The average molecular weight is 303 g/mol. The minimum Gasteiger partial charge on any atom is -0.478 e. The summed E-state index contributed by atoms with van der Waals surface area (Å²) >= 11 is 0. The molecule has 0 heterocycles. The van der Waals surface area contributed by atoms with Crippen LogP contribution in [0.4, 0.5) is 18.9 Å². The van der Waals surface area contributed by atoms with E-state index in [2.05, 4.69) is 11.9 Å². The standard InChI is InChI=1S/C14H16F3NO3/c1-9(2)8-21-6-5-18-12-4-3-10(14(15,16)17)7-11(12)13(19)20/h3-4,7,18H,1,5-6,8H2,2H3,(H,19,20). The van der Waals surface area contributed by atoms with Gasteiger partial charge in [-0.2, -0.15) is 13.2 Å². The quantitative estimate of drug-likeness (QED) is 0.598. The fourth-order valence-electron chi connectivity index (χ4n) is 1.56. The largest absolute Gasteiger partial charge is 0.478 e. The number of halogens is 3. The summed E-state index contributed by atoms with van der Waals surface area (Å²) in [5, 5.41) is 11.7. The van der Waals surface area contributed by atoms with Crippen molar-refractivity contribution in [1.29, 1.82) is 0 Å². The van der Waals surface area contributed by atoms with Gasteiger partial charge in [-0.3, -0.25) is 0 Å². The Morgan fingerprint density at radius 3 is 2.62 bits per heavy atom. The summed E-state index contributed by atoms with van der Waals surface area (Å²) in [6.07, 6.45) is -4.58. The Labute approximate surface area is 120 Å². The number of carboxylic acid groups (broad SMARTS) is 1. The van der Waals surface area contributed by atoms with Gasteiger partial charge in [0.1, 0.15) is 0 Å². The van der Waals surface area contributed by atoms with Crippen LogP contribution in [0.5, 0.6) is 0 Å². The molecular weight excluding hydrogens is 287 g/mol. The molecule has 0 fully saturated rings. The number of anilines is 1. The number of nitrogens with one attached hydrogen (secondary N) is 1. The molecule has 0 saturated heterocycles. The van der Waals surface area contributed by atoms with Gasteiger partial charge in [0.15, 0.2) is 0 Å². The lowest BCUT2D eigenvalue weighted by atomic mass is 10.1. The zero-order valence-electron chi connectivity index (χ0n) is 11.5. The molecule has 0 aliphatic carbocycles. The molecule has 0 aliphatic heterocycles. The SMILES string of the molecule is C=C(C)COCCNc1ccc(C(F)(F)F)cc1C(=O)O. The maximum absolute atomic E-state index is 12.5. The highest BCUT2D eigenvalue weighted by atomic mass is 19.4. The molecule has 1 rings (SSSR count). The maximum atomic E-state index is 12.5. The van der Waals surface area contributed by atoms with Crippen LogP contribution in [0.25, 0.3) is 0 Å². The summed E-state index contributed by atoms with van der Waals surface area (Å²) in [6.45, 7) is 6.39. The number of aromatic carboxylic acids is 1. The van der Waals surface area contributed by atoms with Crippen LogP contribution < -0.4 is 5.32 Å². The van der Waals surface area contributed by atoms with Crippen LogP contribution in [0.3, 0.4) is 0 Å². The smallest absolute Gasteiger partial charge is 0.416 e. The van der Waals surface area contributed by atoms with Crippen molar-refractivity contribution in [3.63, 3.8) is 0 Å². The van der Waals surface area contributed by atoms with Crippen molar-refractivity contribution in [3.05, 3.63) is 41.5 Å². The Morgan fingerprint density at radius 2 is 2.10 bits per heavy atom. The third-order valence-electron chi connectivity index (χ3n) is 2.49. The van der Waals surface area contributed by atoms with Crippen molar-refractivity contribution in [3.8, 4) is 0 Å². The number of ether oxygens (including phenoxy) is 1. The van der Waals surface area contributed by atoms with Gasteiger partial charge in [-0.25, -0.2) is 4.79 Å². The monoisotopic (exact) mass is 303 g/mol. The van der Waals surface area contributed by atoms with Crippen LogP contribution in [0, 0.1) is 0 Å². The number of rotatable bonds is 7. The second-order valence-electron chi connectivity index (χ2n) is 4.50. The fraction of sp³-hybridized carbons (Fsp3) is 0.357. The first-order chi connectivity index (χ1) is 9.71. The number of benzene rings is 1. The van der Waals surface area contributed by atoms with E-state index < -0.39 is 23.3 Å². The molecular formula is C14H16F3NO3. The Balaban J connectivity index is 2.74. The molecule has 0 amide bonds. The highest BCUT2D eigenvalue weighted by Crippen LogP contribution is 2.31. The number of hydrogen-bond acceptors (Lipinski definition) is 3. The van der Waals surface area contributed by atoms with Crippen LogP contribution >= 0.6 is 0 Å². The van der Waals surface area contributed by atoms with E-state index in [9.17, 15) is 18.0 Å². The van der Waals surface area contributed by atoms with Crippen molar-refractivity contribution in [2.75, 3.05) is 25.1 Å². The highest BCUT2D eigenvalue weighted by Gasteiger charge is 2.31. The summed E-state index contributed by atoms with van der Waals surface area (Å²) in [6, 6.07) is 2.55. The Morgan fingerprint density at radius 1 is 1.43 bits per heavy atom. The fourth-order valence-corrected chi connectivity index (χ4v) is 1.56. The van der Waals surface area contributed by atoms with Crippen LogP contribution in [0.15, 0.2) is 30.4 Å². The second kappa shape index (κ2) is 7.12. The van der Waals surface area contributed by atoms with E-state index in [1.807, 2.05) is 0 Å². The summed E-state index contributed by atoms with van der Waals surface area (Å²) < 4.78 is 42.9. The van der Waals surface area contributed by atoms with Gasteiger partial charge in [-0.05, 0) is 25.1 Å². The van der Waals surface area contributed by atoms with Crippen molar-refractivity contribution in [1.82, 2.24) is 0 Å². The molecule has 0 saturated carbocycles. The van der Waals surface area contributed by atoms with Gasteiger partial charge in [0.05, 0.1) is 24.3 Å². The molecule has 1 aromatic rings. The maximum Gasteiger partial charge on any atom is 0.416 e. The highest BCUT2D eigenvalue weighted by molar-refractivity contribution is 5.94. The zero-order valence-corrected chi connectivity index (χ0v) is 11.5. The van der Waals surface area contributed by atoms with Crippen molar-refractivity contribution in [2.24, 2.45) is 0 Å². The summed E-state index contributed by atoms with van der Waals surface area (Å²) in [5.41, 5.74) is -0.459. The molecule has 1 aromatic carbocycles. The van der Waals surface area contributed by atoms with E-state index >= 15 is 0 Å². The van der Waals surface area contributed by atoms with E-state index in [1.54, 1.807) is 6.92 Å². The predicted octanol–water partition coefficient (Wildman–Crippen LogP) is 3.41. The Kier molecular flexibility index (Phi) is 5.78. The van der Waals surface area contributed by atoms with E-state index in [0.29, 0.717) is 12.7 Å². The average Bonchev–Trinajstić information content (AvgIpc) is 2.36. The predicted molar refractivity (Wildman–Crippen MR) is 72.5 cm³/mol. The molecule has 21 heavy (non-hydrogen) atoms. The first-order valence-corrected chi connectivity index (χ1v) is 6.12. The lowest BCUT2D eigenvalue weighted by molar-refractivity contribution is -0.137. The summed E-state index contributed by atoms with van der Waals surface area (Å²) in [7, 11) is 0. The van der Waals surface area contributed by atoms with Gasteiger partial charge in [0.2, 0.25) is 0 Å². The lowest BCUT2D eigenvalue weighted by Gasteiger charge is -2.13. The molecule has 0 spiro atoms. The third kappa shape index (κ3) is 5.47. The molecule has 0 unspecified atom stereocenters. The first-order valence-electron chi connectivity index (χ1n) is 6.12. The zero-order chi connectivity index (χ0) is 16.0. The summed E-state index contributed by atoms with van der Waals surface area (Å²) in [4.78, 5) is 11.0. The molecule has 0 radical (unpaired) electrons. The Bertz CT molecular complexity index is 527. The molecule has 2 N–H and O–H groups in total. The first kappa shape index (κ1) is 17.0. The van der Waals surface area contributed by atoms with E-state index in [4.69, 9.17) is 9.84 Å². The minimum absolute atomic E-state index is 0.120. The second-order valence-corrected chi connectivity index (χ2v) is 4.50. The number of hydrogen-bond donors (Lipinski definition) is 2. The lowest BCUT2D eigenvalue weighted by Crippen LogP contribution is -2.14. The summed E-state index contributed by atoms with van der Waals surface area (Å²) in [5.74, 6) is -1.42. The topological polar surface area (TPSA) is 58.6 Å². The number of carbonyl (C=O) groups is 1. The third-order valence-corrected chi connectivity index (χ3v) is 2.49. The van der Waals surface area contributed by atoms with Crippen LogP contribution in [-0.4, -0.2) is 30.8 Å². The van der Waals surface area contributed by atoms with Gasteiger partial charge in [-0.15, -0.1) is 0 Å².